The van der Waals surface area contributed by atoms with E-state index in [4.69, 9.17) is 9.15 Å². The minimum atomic E-state index is -0.269. The molecule has 0 saturated carbocycles. The van der Waals surface area contributed by atoms with Gasteiger partial charge in [-0.2, -0.15) is 0 Å². The standard InChI is InChI=1S/C15H12O3S/c1-12(16)18-11-15-9-8-14(19-15)7-3-2-5-13-6-4-10-17-13/h3-4,6-10H,11H2,1H3/b7-3+. The van der Waals surface area contributed by atoms with Crippen LogP contribution in [0.5, 0.6) is 0 Å². The molecule has 2 rings (SSSR count). The highest BCUT2D eigenvalue weighted by Crippen LogP contribution is 2.18. The molecule has 2 aromatic heterocycles. The number of furan rings is 1. The Labute approximate surface area is 115 Å². The van der Waals surface area contributed by atoms with E-state index in [0.717, 1.165) is 9.75 Å². The normalized spacial score (nSPS) is 10.2. The molecule has 2 heterocycles. The number of rotatable bonds is 3. The largest absolute Gasteiger partial charge is 0.460 e. The Morgan fingerprint density at radius 3 is 3.11 bits per heavy atom. The fourth-order valence-corrected chi connectivity index (χ4v) is 2.15. The van der Waals surface area contributed by atoms with Crippen molar-refractivity contribution in [1.29, 1.82) is 0 Å². The Kier molecular flexibility index (Phi) is 4.60. The average molecular weight is 272 g/mol. The summed E-state index contributed by atoms with van der Waals surface area (Å²) in [7, 11) is 0. The SMILES string of the molecule is CC(=O)OCc1ccc(/C=C/C#Cc2ccco2)s1. The molecule has 0 fully saturated rings. The van der Waals surface area contributed by atoms with Crippen molar-refractivity contribution in [2.75, 3.05) is 0 Å². The topological polar surface area (TPSA) is 39.4 Å². The monoisotopic (exact) mass is 272 g/mol. The molecule has 3 nitrogen and oxygen atoms in total. The van der Waals surface area contributed by atoms with E-state index in [1.807, 2.05) is 24.3 Å². The molecule has 0 aliphatic carbocycles. The first-order valence-electron chi connectivity index (χ1n) is 5.68. The Balaban J connectivity index is 1.90. The molecule has 0 spiro atoms. The van der Waals surface area contributed by atoms with Gasteiger partial charge in [0.1, 0.15) is 6.61 Å². The Morgan fingerprint density at radius 1 is 1.47 bits per heavy atom. The number of hydrogen-bond acceptors (Lipinski definition) is 4. The summed E-state index contributed by atoms with van der Waals surface area (Å²) in [6.45, 7) is 1.73. The first-order chi connectivity index (χ1) is 9.24. The van der Waals surface area contributed by atoms with Gasteiger partial charge in [0.2, 0.25) is 0 Å². The summed E-state index contributed by atoms with van der Waals surface area (Å²) in [5.74, 6) is 6.14. The van der Waals surface area contributed by atoms with Crippen molar-refractivity contribution >= 4 is 23.4 Å². The maximum absolute atomic E-state index is 10.7. The Hall–Kier alpha value is -2.25. The fraction of sp³-hybridized carbons (Fsp3) is 0.133. The molecule has 0 radical (unpaired) electrons. The van der Waals surface area contributed by atoms with E-state index < -0.39 is 0 Å². The summed E-state index contributed by atoms with van der Waals surface area (Å²) < 4.78 is 10.0. The first kappa shape index (κ1) is 13.2. The Bertz CT molecular complexity index is 624. The molecule has 0 saturated heterocycles. The molecular weight excluding hydrogens is 260 g/mol. The molecule has 19 heavy (non-hydrogen) atoms. The highest BCUT2D eigenvalue weighted by molar-refractivity contribution is 7.12. The van der Waals surface area contributed by atoms with E-state index in [9.17, 15) is 4.79 Å². The molecule has 0 N–H and O–H groups in total. The molecule has 0 amide bonds. The van der Waals surface area contributed by atoms with Gasteiger partial charge in [-0.1, -0.05) is 5.92 Å². The van der Waals surface area contributed by atoms with Gasteiger partial charge < -0.3 is 9.15 Å². The van der Waals surface area contributed by atoms with Crippen molar-refractivity contribution in [2.24, 2.45) is 0 Å². The van der Waals surface area contributed by atoms with Crippen LogP contribution in [0.1, 0.15) is 22.4 Å². The van der Waals surface area contributed by atoms with Crippen LogP contribution in [0.4, 0.5) is 0 Å². The number of carbonyl (C=O) groups is 1. The lowest BCUT2D eigenvalue weighted by molar-refractivity contribution is -0.142. The van der Waals surface area contributed by atoms with Crippen molar-refractivity contribution in [1.82, 2.24) is 0 Å². The average Bonchev–Trinajstić information content (AvgIpc) is 3.04. The maximum atomic E-state index is 10.7. The molecule has 0 aromatic carbocycles. The van der Waals surface area contributed by atoms with Gasteiger partial charge in [-0.3, -0.25) is 4.79 Å². The van der Waals surface area contributed by atoms with E-state index in [-0.39, 0.29) is 5.97 Å². The molecule has 96 valence electrons. The quantitative estimate of drug-likeness (QED) is 0.634. The first-order valence-corrected chi connectivity index (χ1v) is 6.49. The zero-order valence-corrected chi connectivity index (χ0v) is 11.2. The molecule has 4 heteroatoms. The molecule has 2 aromatic rings. The molecule has 0 aliphatic rings. The summed E-state index contributed by atoms with van der Waals surface area (Å²) in [6, 6.07) is 7.51. The molecule has 0 bridgehead atoms. The van der Waals surface area contributed by atoms with Crippen LogP contribution in [0.15, 0.2) is 41.0 Å². The third kappa shape index (κ3) is 4.49. The second kappa shape index (κ2) is 6.62. The van der Waals surface area contributed by atoms with Gasteiger partial charge in [-0.05, 0) is 42.3 Å². The van der Waals surface area contributed by atoms with E-state index in [0.29, 0.717) is 12.4 Å². The summed E-state index contributed by atoms with van der Waals surface area (Å²) in [4.78, 5) is 12.8. The summed E-state index contributed by atoms with van der Waals surface area (Å²) in [5.41, 5.74) is 0. The van der Waals surface area contributed by atoms with Crippen LogP contribution >= 0.6 is 11.3 Å². The minimum absolute atomic E-state index is 0.269. The van der Waals surface area contributed by atoms with E-state index in [2.05, 4.69) is 11.8 Å². The van der Waals surface area contributed by atoms with E-state index in [1.54, 1.807) is 29.7 Å². The molecular formula is C15H12O3S. The van der Waals surface area contributed by atoms with Crippen molar-refractivity contribution in [3.8, 4) is 11.8 Å². The van der Waals surface area contributed by atoms with Crippen LogP contribution in [0.2, 0.25) is 0 Å². The Morgan fingerprint density at radius 2 is 2.37 bits per heavy atom. The second-order valence-corrected chi connectivity index (χ2v) is 4.86. The summed E-state index contributed by atoms with van der Waals surface area (Å²) >= 11 is 1.57. The van der Waals surface area contributed by atoms with Gasteiger partial charge in [0, 0.05) is 16.7 Å². The second-order valence-electron chi connectivity index (χ2n) is 3.66. The predicted molar refractivity (Wildman–Crippen MR) is 74.4 cm³/mol. The lowest BCUT2D eigenvalue weighted by Gasteiger charge is -1.96. The van der Waals surface area contributed by atoms with Gasteiger partial charge in [0.25, 0.3) is 0 Å². The number of carbonyl (C=O) groups excluding carboxylic acids is 1. The van der Waals surface area contributed by atoms with E-state index >= 15 is 0 Å². The zero-order valence-electron chi connectivity index (χ0n) is 10.4. The van der Waals surface area contributed by atoms with Gasteiger partial charge in [-0.15, -0.1) is 11.3 Å². The lowest BCUT2D eigenvalue weighted by atomic mass is 10.4. The third-order valence-corrected chi connectivity index (χ3v) is 3.17. The molecule has 0 unspecified atom stereocenters. The van der Waals surface area contributed by atoms with E-state index in [1.165, 1.54) is 6.92 Å². The van der Waals surface area contributed by atoms with Crippen LogP contribution in [0, 0.1) is 11.8 Å². The highest BCUT2D eigenvalue weighted by Gasteiger charge is 1.99. The smallest absolute Gasteiger partial charge is 0.302 e. The molecule has 0 atom stereocenters. The van der Waals surface area contributed by atoms with Gasteiger partial charge in [0.05, 0.1) is 6.26 Å². The zero-order chi connectivity index (χ0) is 13.5. The van der Waals surface area contributed by atoms with Crippen molar-refractivity contribution < 1.29 is 13.9 Å². The van der Waals surface area contributed by atoms with Crippen LogP contribution in [0.25, 0.3) is 6.08 Å². The van der Waals surface area contributed by atoms with Crippen molar-refractivity contribution in [3.05, 3.63) is 52.1 Å². The highest BCUT2D eigenvalue weighted by atomic mass is 32.1. The summed E-state index contributed by atoms with van der Waals surface area (Å²) in [6.07, 6.45) is 5.27. The van der Waals surface area contributed by atoms with Crippen LogP contribution < -0.4 is 0 Å². The third-order valence-electron chi connectivity index (χ3n) is 2.15. The number of hydrogen-bond donors (Lipinski definition) is 0. The predicted octanol–water partition coefficient (Wildman–Crippen LogP) is 3.47. The van der Waals surface area contributed by atoms with Gasteiger partial charge >= 0.3 is 5.97 Å². The van der Waals surface area contributed by atoms with Crippen LogP contribution in [-0.2, 0) is 16.1 Å². The van der Waals surface area contributed by atoms with Crippen LogP contribution in [0.3, 0.4) is 0 Å². The maximum Gasteiger partial charge on any atom is 0.302 e. The number of thiophene rings is 1. The fourth-order valence-electron chi connectivity index (χ4n) is 1.32. The minimum Gasteiger partial charge on any atom is -0.460 e. The lowest BCUT2D eigenvalue weighted by Crippen LogP contribution is -1.96. The number of esters is 1. The number of ether oxygens (including phenoxy) is 1. The van der Waals surface area contributed by atoms with Crippen molar-refractivity contribution in [2.45, 2.75) is 13.5 Å². The van der Waals surface area contributed by atoms with Crippen molar-refractivity contribution in [3.63, 3.8) is 0 Å². The summed E-state index contributed by atoms with van der Waals surface area (Å²) in [5, 5.41) is 0. The molecule has 0 aliphatic heterocycles. The number of allylic oxidation sites excluding steroid dienone is 1. The van der Waals surface area contributed by atoms with Crippen LogP contribution in [-0.4, -0.2) is 5.97 Å². The van der Waals surface area contributed by atoms with Gasteiger partial charge in [0.15, 0.2) is 5.76 Å². The van der Waals surface area contributed by atoms with Gasteiger partial charge in [-0.25, -0.2) is 0 Å².